The molecule has 2 fully saturated rings. The van der Waals surface area contributed by atoms with Crippen molar-refractivity contribution in [1.82, 2.24) is 24.3 Å². The minimum atomic E-state index is 0.0653. The van der Waals surface area contributed by atoms with Gasteiger partial charge in [-0.05, 0) is 57.2 Å². The maximum atomic E-state index is 12.8. The van der Waals surface area contributed by atoms with Gasteiger partial charge in [-0.1, -0.05) is 18.2 Å². The normalized spacial score (nSPS) is 19.1. The first-order chi connectivity index (χ1) is 16.2. The van der Waals surface area contributed by atoms with E-state index in [9.17, 15) is 9.90 Å². The van der Waals surface area contributed by atoms with E-state index in [0.717, 1.165) is 76.3 Å². The summed E-state index contributed by atoms with van der Waals surface area (Å²) in [6.07, 6.45) is 9.04. The summed E-state index contributed by atoms with van der Waals surface area (Å²) >= 11 is 0. The lowest BCUT2D eigenvalue weighted by atomic mass is 10.1. The number of para-hydroxylation sites is 1. The van der Waals surface area contributed by atoms with Crippen molar-refractivity contribution < 1.29 is 9.90 Å². The molecule has 0 radical (unpaired) electrons. The van der Waals surface area contributed by atoms with E-state index in [1.807, 2.05) is 11.8 Å². The summed E-state index contributed by atoms with van der Waals surface area (Å²) in [7, 11) is 0. The average molecular weight is 448 g/mol. The Morgan fingerprint density at radius 2 is 1.97 bits per heavy atom. The zero-order valence-electron chi connectivity index (χ0n) is 19.4. The summed E-state index contributed by atoms with van der Waals surface area (Å²) in [6, 6.07) is 8.66. The van der Waals surface area contributed by atoms with Crippen molar-refractivity contribution in [3.63, 3.8) is 0 Å². The number of benzene rings is 1. The Morgan fingerprint density at radius 3 is 2.76 bits per heavy atom. The molecule has 2 aliphatic heterocycles. The number of hydrogen-bond donors (Lipinski definition) is 1. The van der Waals surface area contributed by atoms with Crippen LogP contribution in [0.3, 0.4) is 0 Å². The van der Waals surface area contributed by atoms with Crippen LogP contribution in [0.5, 0.6) is 0 Å². The van der Waals surface area contributed by atoms with E-state index in [1.54, 1.807) is 6.20 Å². The third-order valence-corrected chi connectivity index (χ3v) is 7.09. The van der Waals surface area contributed by atoms with Gasteiger partial charge in [-0.2, -0.15) is 0 Å². The van der Waals surface area contributed by atoms with Gasteiger partial charge in [0.2, 0.25) is 0 Å². The van der Waals surface area contributed by atoms with Crippen molar-refractivity contribution in [2.24, 2.45) is 0 Å². The Hall–Kier alpha value is -2.77. The fraction of sp³-hybridized carbons (Fsp3) is 0.500. The lowest BCUT2D eigenvalue weighted by Crippen LogP contribution is -2.29. The van der Waals surface area contributed by atoms with Gasteiger partial charge in [-0.25, -0.2) is 9.97 Å². The van der Waals surface area contributed by atoms with E-state index in [1.165, 1.54) is 16.5 Å². The molecule has 0 spiro atoms. The number of aryl methyl sites for hydroxylation is 2. The van der Waals surface area contributed by atoms with Gasteiger partial charge < -0.3 is 14.6 Å². The molecule has 4 heterocycles. The number of likely N-dealkylation sites (tertiary alicyclic amines) is 2. The minimum Gasteiger partial charge on any atom is -0.396 e. The molecule has 1 atom stereocenters. The number of hydrogen-bond acceptors (Lipinski definition) is 5. The van der Waals surface area contributed by atoms with Crippen molar-refractivity contribution in [1.29, 1.82) is 0 Å². The van der Waals surface area contributed by atoms with Gasteiger partial charge in [-0.15, -0.1) is 0 Å². The highest BCUT2D eigenvalue weighted by molar-refractivity contribution is 5.95. The predicted octanol–water partition coefficient (Wildman–Crippen LogP) is 3.70. The number of fused-ring (bicyclic) bond motifs is 1. The summed E-state index contributed by atoms with van der Waals surface area (Å²) < 4.78 is 2.26. The average Bonchev–Trinajstić information content (AvgIpc) is 3.59. The first kappa shape index (κ1) is 22.0. The Balaban J connectivity index is 1.37. The highest BCUT2D eigenvalue weighted by atomic mass is 16.3. The SMILES string of the molecule is Cc1nc([C@@H]2CCCN2Cc2cn(CCCO)c3ccccc23)ncc1C(=O)N1CCCC1. The van der Waals surface area contributed by atoms with Gasteiger partial charge in [0, 0.05) is 56.1 Å². The molecule has 1 aromatic carbocycles. The van der Waals surface area contributed by atoms with E-state index in [4.69, 9.17) is 4.98 Å². The van der Waals surface area contributed by atoms with Crippen LogP contribution in [-0.2, 0) is 13.1 Å². The highest BCUT2D eigenvalue weighted by Gasteiger charge is 2.30. The van der Waals surface area contributed by atoms with Crippen LogP contribution in [0.25, 0.3) is 10.9 Å². The molecule has 0 saturated carbocycles. The van der Waals surface area contributed by atoms with Crippen molar-refractivity contribution in [2.45, 2.75) is 58.2 Å². The molecular formula is C26H33N5O2. The molecule has 7 heteroatoms. The fourth-order valence-corrected chi connectivity index (χ4v) is 5.35. The van der Waals surface area contributed by atoms with Crippen molar-refractivity contribution >= 4 is 16.8 Å². The Bertz CT molecular complexity index is 1130. The summed E-state index contributed by atoms with van der Waals surface area (Å²) in [4.78, 5) is 26.7. The highest BCUT2D eigenvalue weighted by Crippen LogP contribution is 2.33. The largest absolute Gasteiger partial charge is 0.396 e. The smallest absolute Gasteiger partial charge is 0.257 e. The monoisotopic (exact) mass is 447 g/mol. The number of aliphatic hydroxyl groups excluding tert-OH is 1. The molecule has 2 aliphatic rings. The molecule has 174 valence electrons. The van der Waals surface area contributed by atoms with E-state index in [-0.39, 0.29) is 18.6 Å². The zero-order valence-corrected chi connectivity index (χ0v) is 19.4. The fourth-order valence-electron chi connectivity index (χ4n) is 5.35. The van der Waals surface area contributed by atoms with Gasteiger partial charge in [0.1, 0.15) is 5.82 Å². The number of amides is 1. The number of rotatable bonds is 7. The van der Waals surface area contributed by atoms with Gasteiger partial charge in [0.25, 0.3) is 5.91 Å². The van der Waals surface area contributed by atoms with Crippen LogP contribution >= 0.6 is 0 Å². The summed E-state index contributed by atoms with van der Waals surface area (Å²) in [5, 5.41) is 10.5. The van der Waals surface area contributed by atoms with Crippen LogP contribution in [0.1, 0.15) is 65.6 Å². The molecule has 0 unspecified atom stereocenters. The zero-order chi connectivity index (χ0) is 22.8. The topological polar surface area (TPSA) is 74.5 Å². The van der Waals surface area contributed by atoms with Crippen LogP contribution in [0.15, 0.2) is 36.7 Å². The minimum absolute atomic E-state index is 0.0653. The van der Waals surface area contributed by atoms with Crippen LogP contribution in [0.4, 0.5) is 0 Å². The predicted molar refractivity (Wildman–Crippen MR) is 128 cm³/mol. The summed E-state index contributed by atoms with van der Waals surface area (Å²) in [5.41, 5.74) is 3.93. The van der Waals surface area contributed by atoms with Crippen molar-refractivity contribution in [3.8, 4) is 0 Å². The Morgan fingerprint density at radius 1 is 1.15 bits per heavy atom. The molecule has 1 N–H and O–H groups in total. The maximum Gasteiger partial charge on any atom is 0.257 e. The molecule has 3 aromatic rings. The van der Waals surface area contributed by atoms with Crippen molar-refractivity contribution in [2.75, 3.05) is 26.2 Å². The van der Waals surface area contributed by atoms with E-state index in [0.29, 0.717) is 5.56 Å². The number of nitrogens with zero attached hydrogens (tertiary/aromatic N) is 5. The molecule has 5 rings (SSSR count). The van der Waals surface area contributed by atoms with E-state index in [2.05, 4.69) is 44.9 Å². The van der Waals surface area contributed by atoms with Gasteiger partial charge >= 0.3 is 0 Å². The lowest BCUT2D eigenvalue weighted by Gasteiger charge is -2.24. The number of aliphatic hydroxyl groups is 1. The number of aromatic nitrogens is 3. The van der Waals surface area contributed by atoms with E-state index < -0.39 is 0 Å². The maximum absolute atomic E-state index is 12.8. The van der Waals surface area contributed by atoms with Crippen molar-refractivity contribution in [3.05, 3.63) is 59.3 Å². The van der Waals surface area contributed by atoms with Crippen LogP contribution in [-0.4, -0.2) is 61.6 Å². The summed E-state index contributed by atoms with van der Waals surface area (Å²) in [5.74, 6) is 0.891. The molecule has 33 heavy (non-hydrogen) atoms. The molecular weight excluding hydrogens is 414 g/mol. The molecule has 2 saturated heterocycles. The summed E-state index contributed by atoms with van der Waals surface area (Å²) in [6.45, 7) is 6.47. The quantitative estimate of drug-likeness (QED) is 0.598. The Kier molecular flexibility index (Phi) is 6.42. The number of carbonyl (C=O) groups is 1. The third-order valence-electron chi connectivity index (χ3n) is 7.09. The Labute approximate surface area is 195 Å². The second kappa shape index (κ2) is 9.61. The first-order valence-electron chi connectivity index (χ1n) is 12.2. The van der Waals surface area contributed by atoms with Gasteiger partial charge in [0.05, 0.1) is 17.3 Å². The molecule has 1 amide bonds. The van der Waals surface area contributed by atoms with Gasteiger partial charge in [-0.3, -0.25) is 9.69 Å². The second-order valence-corrected chi connectivity index (χ2v) is 9.30. The lowest BCUT2D eigenvalue weighted by molar-refractivity contribution is 0.0791. The van der Waals surface area contributed by atoms with Crippen LogP contribution < -0.4 is 0 Å². The second-order valence-electron chi connectivity index (χ2n) is 9.30. The van der Waals surface area contributed by atoms with Crippen LogP contribution in [0, 0.1) is 6.92 Å². The molecule has 0 bridgehead atoms. The standard InChI is InChI=1S/C26H33N5O2/c1-19-22(26(33)29-11-4-5-12-29)16-27-25(28-19)24-10-6-13-31(24)18-20-17-30(14-7-15-32)23-9-3-2-8-21(20)23/h2-3,8-9,16-17,24,32H,4-7,10-15,18H2,1H3/t24-/m0/s1. The van der Waals surface area contributed by atoms with Crippen LogP contribution in [0.2, 0.25) is 0 Å². The van der Waals surface area contributed by atoms with Gasteiger partial charge in [0.15, 0.2) is 0 Å². The first-order valence-corrected chi connectivity index (χ1v) is 12.2. The van der Waals surface area contributed by atoms with E-state index >= 15 is 0 Å². The third kappa shape index (κ3) is 4.39. The molecule has 2 aromatic heterocycles. The molecule has 7 nitrogen and oxygen atoms in total. The number of carbonyl (C=O) groups excluding carboxylic acids is 1. The molecule has 0 aliphatic carbocycles.